The molecule has 16 heteroatoms. The summed E-state index contributed by atoms with van der Waals surface area (Å²) in [4.78, 5) is 8.45. The van der Waals surface area contributed by atoms with Gasteiger partial charge >= 0.3 is 0 Å². The van der Waals surface area contributed by atoms with Crippen LogP contribution in [0.1, 0.15) is 37.7 Å². The summed E-state index contributed by atoms with van der Waals surface area (Å²) in [7, 11) is 2.75. The normalized spacial score (nSPS) is 11.4. The van der Waals surface area contributed by atoms with Gasteiger partial charge in [-0.05, 0) is 82.1 Å². The molecule has 0 amide bonds. The third kappa shape index (κ3) is 7.91. The van der Waals surface area contributed by atoms with Crippen LogP contribution in [0, 0.1) is 13.8 Å². The molecule has 0 fully saturated rings. The zero-order valence-electron chi connectivity index (χ0n) is 31.1. The van der Waals surface area contributed by atoms with Gasteiger partial charge in [-0.25, -0.2) is 8.42 Å². The summed E-state index contributed by atoms with van der Waals surface area (Å²) in [5.74, 6) is 3.47. The minimum Gasteiger partial charge on any atom is -0.494 e. The Labute approximate surface area is 308 Å². The number of benzene rings is 2. The molecular weight excluding hydrogens is 699 g/mol. The van der Waals surface area contributed by atoms with E-state index >= 15 is 0 Å². The average molecular weight is 742 g/mol. The van der Waals surface area contributed by atoms with Crippen LogP contribution in [-0.2, 0) is 15.6 Å². The van der Waals surface area contributed by atoms with Gasteiger partial charge in [-0.1, -0.05) is 12.1 Å². The zero-order chi connectivity index (χ0) is 38.5. The van der Waals surface area contributed by atoms with Gasteiger partial charge in [-0.3, -0.25) is 19.1 Å². The zero-order valence-corrected chi connectivity index (χ0v) is 32.0. The molecular formula is C37H43N9O6S. The Bertz CT molecular complexity index is 2290. The highest BCUT2D eigenvalue weighted by Gasteiger charge is 2.33. The van der Waals surface area contributed by atoms with Crippen LogP contribution in [-0.4, -0.2) is 81.1 Å². The highest BCUT2D eigenvalue weighted by atomic mass is 32.2. The van der Waals surface area contributed by atoms with Crippen molar-refractivity contribution in [3.8, 4) is 57.1 Å². The number of anilines is 1. The Morgan fingerprint density at radius 3 is 1.47 bits per heavy atom. The molecule has 0 radical (unpaired) electrons. The topological polar surface area (TPSA) is 184 Å². The van der Waals surface area contributed by atoms with Gasteiger partial charge in [0.1, 0.15) is 40.1 Å². The molecule has 4 heterocycles. The van der Waals surface area contributed by atoms with E-state index in [0.29, 0.717) is 51.6 Å². The van der Waals surface area contributed by atoms with Crippen LogP contribution < -0.4 is 24.7 Å². The minimum atomic E-state index is -3.52. The number of ether oxygens (including phenoxy) is 4. The van der Waals surface area contributed by atoms with Gasteiger partial charge in [0.2, 0.25) is 5.95 Å². The van der Waals surface area contributed by atoms with E-state index < -0.39 is 14.6 Å². The number of methoxy groups -OCH3 is 4. The number of hydrogen-bond donors (Lipinski definition) is 1. The molecule has 278 valence electrons. The second-order valence-corrected chi connectivity index (χ2v) is 15.6. The molecule has 0 saturated heterocycles. The minimum absolute atomic E-state index is 0.240. The summed E-state index contributed by atoms with van der Waals surface area (Å²) < 4.78 is 50.4. The largest absolute Gasteiger partial charge is 0.494 e. The summed E-state index contributed by atoms with van der Waals surface area (Å²) in [6, 6.07) is 14.7. The summed E-state index contributed by atoms with van der Waals surface area (Å²) in [5, 5.41) is 16.8. The lowest BCUT2D eigenvalue weighted by Gasteiger charge is -2.21. The molecule has 4 aromatic heterocycles. The van der Waals surface area contributed by atoms with Crippen molar-refractivity contribution >= 4 is 15.8 Å². The number of nitrogens with two attached hydrogens (primary N) is 1. The smallest absolute Gasteiger partial charge is 0.227 e. The molecule has 6 rings (SSSR count). The molecule has 6 aromatic rings. The maximum absolute atomic E-state index is 13.0. The monoisotopic (exact) mass is 741 g/mol. The van der Waals surface area contributed by atoms with E-state index in [2.05, 4.69) is 30.4 Å². The van der Waals surface area contributed by atoms with E-state index in [1.54, 1.807) is 101 Å². The highest BCUT2D eigenvalue weighted by Crippen LogP contribution is 2.38. The van der Waals surface area contributed by atoms with Crippen molar-refractivity contribution in [1.29, 1.82) is 0 Å². The van der Waals surface area contributed by atoms with Crippen LogP contribution in [0.15, 0.2) is 73.3 Å². The van der Waals surface area contributed by atoms with Crippen LogP contribution >= 0.6 is 0 Å². The maximum atomic E-state index is 13.0. The first-order chi connectivity index (χ1) is 25.2. The van der Waals surface area contributed by atoms with E-state index in [1.807, 2.05) is 44.2 Å². The van der Waals surface area contributed by atoms with Gasteiger partial charge in [-0.2, -0.15) is 0 Å². The molecule has 15 nitrogen and oxygen atoms in total. The molecule has 0 unspecified atom stereocenters. The van der Waals surface area contributed by atoms with Gasteiger partial charge in [0, 0.05) is 35.9 Å². The first kappa shape index (κ1) is 38.2. The molecule has 2 aromatic carbocycles. The van der Waals surface area contributed by atoms with Crippen molar-refractivity contribution in [1.82, 2.24) is 39.5 Å². The Kier molecular flexibility index (Phi) is 11.3. The SMILES string of the molecule is COc1cccc(OC)c1-n1c(CS(=O)(=O)C(C)(C)C)nnc1-c1cncc(C)c1.COc1cccc(OC)c1-n1c(N)nnc1-c1cncc(C)c1. The molecule has 0 aliphatic carbocycles. The lowest BCUT2D eigenvalue weighted by molar-refractivity contribution is 0.390. The van der Waals surface area contributed by atoms with E-state index in [0.717, 1.165) is 16.7 Å². The van der Waals surface area contributed by atoms with Crippen LogP contribution in [0.5, 0.6) is 23.0 Å². The number of rotatable bonds is 10. The van der Waals surface area contributed by atoms with Crippen molar-refractivity contribution in [3.05, 3.63) is 90.3 Å². The predicted molar refractivity (Wildman–Crippen MR) is 202 cm³/mol. The number of aryl methyl sites for hydroxylation is 2. The van der Waals surface area contributed by atoms with Crippen LogP contribution in [0.4, 0.5) is 5.95 Å². The number of para-hydroxylation sites is 2. The van der Waals surface area contributed by atoms with Crippen LogP contribution in [0.3, 0.4) is 0 Å². The number of nitrogen functional groups attached to an aromatic ring is 1. The molecule has 0 saturated carbocycles. The fourth-order valence-corrected chi connectivity index (χ4v) is 6.34. The maximum Gasteiger partial charge on any atom is 0.227 e. The van der Waals surface area contributed by atoms with Gasteiger partial charge in [0.05, 0.1) is 33.2 Å². The van der Waals surface area contributed by atoms with Gasteiger partial charge < -0.3 is 24.7 Å². The lowest BCUT2D eigenvalue weighted by Crippen LogP contribution is -2.30. The van der Waals surface area contributed by atoms with E-state index in [9.17, 15) is 8.42 Å². The molecule has 53 heavy (non-hydrogen) atoms. The summed E-state index contributed by atoms with van der Waals surface area (Å²) in [6.45, 7) is 8.88. The Balaban J connectivity index is 0.000000211. The number of pyridine rings is 2. The molecule has 0 bridgehead atoms. The van der Waals surface area contributed by atoms with E-state index in [-0.39, 0.29) is 17.5 Å². The summed E-state index contributed by atoms with van der Waals surface area (Å²) in [6.07, 6.45) is 6.89. The van der Waals surface area contributed by atoms with E-state index in [1.165, 1.54) is 0 Å². The number of hydrogen-bond acceptors (Lipinski definition) is 13. The summed E-state index contributed by atoms with van der Waals surface area (Å²) >= 11 is 0. The van der Waals surface area contributed by atoms with Crippen LogP contribution in [0.2, 0.25) is 0 Å². The molecule has 0 spiro atoms. The number of aromatic nitrogens is 8. The second-order valence-electron chi connectivity index (χ2n) is 12.9. The second kappa shape index (κ2) is 15.7. The third-order valence-corrected chi connectivity index (χ3v) is 10.7. The first-order valence-corrected chi connectivity index (χ1v) is 18.0. The van der Waals surface area contributed by atoms with Crippen molar-refractivity contribution in [2.45, 2.75) is 45.1 Å². The standard InChI is InChI=1S/C21H26N4O4S.C16H17N5O2/c1-14-10-15(12-22-11-14)20-24-23-18(13-30(26,27)21(2,3)4)25(20)19-16(28-5)8-7-9-17(19)29-6;1-10-7-11(9-18-8-10)15-19-20-16(17)21(15)14-12(22-2)5-4-6-13(14)23-3/h7-12H,13H2,1-6H3;4-9H,1-3H3,(H2,17,20). The Morgan fingerprint density at radius 1 is 0.642 bits per heavy atom. The molecule has 2 N–H and O–H groups in total. The Morgan fingerprint density at radius 2 is 1.06 bits per heavy atom. The van der Waals surface area contributed by atoms with Gasteiger partial charge in [0.15, 0.2) is 27.3 Å². The lowest BCUT2D eigenvalue weighted by atomic mass is 10.2. The summed E-state index contributed by atoms with van der Waals surface area (Å²) in [5.41, 5.74) is 10.7. The first-order valence-electron chi connectivity index (χ1n) is 16.4. The quantitative estimate of drug-likeness (QED) is 0.183. The third-order valence-electron chi connectivity index (χ3n) is 8.19. The van der Waals surface area contributed by atoms with Crippen molar-refractivity contribution in [2.24, 2.45) is 0 Å². The van der Waals surface area contributed by atoms with E-state index in [4.69, 9.17) is 24.7 Å². The predicted octanol–water partition coefficient (Wildman–Crippen LogP) is 5.61. The fraction of sp³-hybridized carbons (Fsp3) is 0.297. The van der Waals surface area contributed by atoms with Crippen molar-refractivity contribution < 1.29 is 27.4 Å². The fourth-order valence-electron chi connectivity index (χ4n) is 5.38. The number of sulfone groups is 1. The Hall–Kier alpha value is -6.03. The van der Waals surface area contributed by atoms with Crippen molar-refractivity contribution in [2.75, 3.05) is 34.2 Å². The highest BCUT2D eigenvalue weighted by molar-refractivity contribution is 7.91. The molecule has 0 aliphatic heterocycles. The van der Waals surface area contributed by atoms with Crippen molar-refractivity contribution in [3.63, 3.8) is 0 Å². The van der Waals surface area contributed by atoms with Crippen LogP contribution in [0.25, 0.3) is 34.2 Å². The van der Waals surface area contributed by atoms with Gasteiger partial charge in [0.25, 0.3) is 0 Å². The number of nitrogens with zero attached hydrogens (tertiary/aromatic N) is 8. The molecule has 0 atom stereocenters. The van der Waals surface area contributed by atoms with Gasteiger partial charge in [-0.15, -0.1) is 20.4 Å². The average Bonchev–Trinajstić information content (AvgIpc) is 3.72. The molecule has 0 aliphatic rings.